The largest absolute Gasteiger partial charge is 0.313 e. The van der Waals surface area contributed by atoms with E-state index in [-0.39, 0.29) is 10.8 Å². The molecular formula is C17H38N2. The zero-order chi connectivity index (χ0) is 15.3. The van der Waals surface area contributed by atoms with Crippen LogP contribution in [0.15, 0.2) is 0 Å². The highest BCUT2D eigenvalue weighted by Gasteiger charge is 2.57. The Balaban J connectivity index is 6.06. The molecule has 0 aliphatic heterocycles. The number of hydrogen-bond donors (Lipinski definition) is 2. The lowest BCUT2D eigenvalue weighted by atomic mass is 9.47. The van der Waals surface area contributed by atoms with E-state index < -0.39 is 5.66 Å². The molecule has 0 fully saturated rings. The molecule has 0 aliphatic carbocycles. The Morgan fingerprint density at radius 2 is 1.16 bits per heavy atom. The molecule has 0 aromatic rings. The fourth-order valence-corrected chi connectivity index (χ4v) is 4.90. The summed E-state index contributed by atoms with van der Waals surface area (Å²) in [6.45, 7) is 16.0. The van der Waals surface area contributed by atoms with Gasteiger partial charge in [0, 0.05) is 5.41 Å². The van der Waals surface area contributed by atoms with Crippen molar-refractivity contribution in [2.75, 3.05) is 0 Å². The maximum absolute atomic E-state index is 6.62. The number of nitrogens with two attached hydrogens (primary N) is 2. The molecule has 0 spiro atoms. The molecule has 0 heterocycles. The van der Waals surface area contributed by atoms with Crippen LogP contribution < -0.4 is 11.5 Å². The summed E-state index contributed by atoms with van der Waals surface area (Å²) in [6, 6.07) is 0. The van der Waals surface area contributed by atoms with Gasteiger partial charge in [-0.05, 0) is 43.4 Å². The van der Waals surface area contributed by atoms with E-state index in [1.807, 2.05) is 0 Å². The molecule has 0 aromatic carbocycles. The molecule has 19 heavy (non-hydrogen) atoms. The van der Waals surface area contributed by atoms with Crippen LogP contribution in [-0.4, -0.2) is 5.66 Å². The third-order valence-corrected chi connectivity index (χ3v) is 6.45. The molecule has 0 aliphatic rings. The van der Waals surface area contributed by atoms with Crippen molar-refractivity contribution < 1.29 is 0 Å². The lowest BCUT2D eigenvalue weighted by Gasteiger charge is -2.60. The minimum atomic E-state index is -0.577. The van der Waals surface area contributed by atoms with Crippen molar-refractivity contribution in [3.63, 3.8) is 0 Å². The summed E-state index contributed by atoms with van der Waals surface area (Å²) in [5.74, 6) is 0.653. The van der Waals surface area contributed by atoms with Gasteiger partial charge >= 0.3 is 0 Å². The fraction of sp³-hybridized carbons (Fsp3) is 1.00. The molecule has 0 saturated carbocycles. The predicted octanol–water partition coefficient (Wildman–Crippen LogP) is 4.67. The van der Waals surface area contributed by atoms with Gasteiger partial charge in [0.2, 0.25) is 0 Å². The van der Waals surface area contributed by atoms with Crippen LogP contribution in [0.25, 0.3) is 0 Å². The maximum atomic E-state index is 6.62. The standard InChI is InChI=1S/C17H38N2/c1-8-14(7)15(9-2,10-3)16(11-4,12-5)17(18,19)13-6/h14H,8-13,18-19H2,1-7H3. The second kappa shape index (κ2) is 7.08. The van der Waals surface area contributed by atoms with Crippen LogP contribution in [-0.2, 0) is 0 Å². The molecule has 0 rings (SSSR count). The lowest BCUT2D eigenvalue weighted by Crippen LogP contribution is -2.68. The Labute approximate surface area is 121 Å². The average Bonchev–Trinajstić information content (AvgIpc) is 2.43. The van der Waals surface area contributed by atoms with E-state index >= 15 is 0 Å². The molecule has 0 amide bonds. The van der Waals surface area contributed by atoms with E-state index in [4.69, 9.17) is 11.5 Å². The molecule has 2 nitrogen and oxygen atoms in total. The SMILES string of the molecule is CCC(C)C(CC)(CC)C(CC)(CC)C(N)(N)CC. The van der Waals surface area contributed by atoms with E-state index in [1.165, 1.54) is 6.42 Å². The van der Waals surface area contributed by atoms with Crippen molar-refractivity contribution in [1.82, 2.24) is 0 Å². The second-order valence-electron chi connectivity index (χ2n) is 6.36. The van der Waals surface area contributed by atoms with Crippen LogP contribution in [0.3, 0.4) is 0 Å². The molecule has 0 radical (unpaired) electrons. The summed E-state index contributed by atoms with van der Waals surface area (Å²) in [6.07, 6.45) is 6.50. The molecule has 0 saturated heterocycles. The van der Waals surface area contributed by atoms with Crippen molar-refractivity contribution in [1.29, 1.82) is 0 Å². The van der Waals surface area contributed by atoms with Gasteiger partial charge in [-0.1, -0.05) is 54.9 Å². The van der Waals surface area contributed by atoms with Gasteiger partial charge in [0.05, 0.1) is 5.66 Å². The summed E-state index contributed by atoms with van der Waals surface area (Å²) in [7, 11) is 0. The number of hydrogen-bond acceptors (Lipinski definition) is 2. The Hall–Kier alpha value is -0.0800. The van der Waals surface area contributed by atoms with E-state index in [0.717, 1.165) is 32.1 Å². The summed E-state index contributed by atoms with van der Waals surface area (Å²) in [5, 5.41) is 0. The molecule has 1 atom stereocenters. The lowest BCUT2D eigenvalue weighted by molar-refractivity contribution is -0.0932. The van der Waals surface area contributed by atoms with Crippen LogP contribution in [0.4, 0.5) is 0 Å². The van der Waals surface area contributed by atoms with Gasteiger partial charge in [-0.3, -0.25) is 0 Å². The quantitative estimate of drug-likeness (QED) is 0.598. The first-order valence-corrected chi connectivity index (χ1v) is 8.36. The van der Waals surface area contributed by atoms with Crippen LogP contribution in [0.2, 0.25) is 0 Å². The van der Waals surface area contributed by atoms with Gasteiger partial charge in [0.1, 0.15) is 0 Å². The van der Waals surface area contributed by atoms with Crippen molar-refractivity contribution >= 4 is 0 Å². The molecule has 2 heteroatoms. The molecular weight excluding hydrogens is 232 g/mol. The zero-order valence-corrected chi connectivity index (χ0v) is 14.5. The Morgan fingerprint density at radius 1 is 0.737 bits per heavy atom. The third kappa shape index (κ3) is 2.71. The van der Waals surface area contributed by atoms with E-state index in [9.17, 15) is 0 Å². The van der Waals surface area contributed by atoms with Crippen molar-refractivity contribution in [2.45, 2.75) is 92.7 Å². The first-order chi connectivity index (χ1) is 8.78. The third-order valence-electron chi connectivity index (χ3n) is 6.45. The summed E-state index contributed by atoms with van der Waals surface area (Å²) < 4.78 is 0. The van der Waals surface area contributed by atoms with Crippen molar-refractivity contribution in [3.05, 3.63) is 0 Å². The minimum Gasteiger partial charge on any atom is -0.313 e. The predicted molar refractivity (Wildman–Crippen MR) is 86.9 cm³/mol. The molecule has 116 valence electrons. The van der Waals surface area contributed by atoms with Crippen LogP contribution in [0.1, 0.15) is 87.0 Å². The Morgan fingerprint density at radius 3 is 1.37 bits per heavy atom. The normalized spacial score (nSPS) is 15.6. The van der Waals surface area contributed by atoms with Gasteiger partial charge in [-0.25, -0.2) is 0 Å². The van der Waals surface area contributed by atoms with Crippen LogP contribution >= 0.6 is 0 Å². The monoisotopic (exact) mass is 270 g/mol. The van der Waals surface area contributed by atoms with Gasteiger partial charge < -0.3 is 11.5 Å². The minimum absolute atomic E-state index is 0.0215. The number of rotatable bonds is 9. The summed E-state index contributed by atoms with van der Waals surface area (Å²) >= 11 is 0. The van der Waals surface area contributed by atoms with Gasteiger partial charge in [-0.15, -0.1) is 0 Å². The second-order valence-corrected chi connectivity index (χ2v) is 6.36. The summed E-state index contributed by atoms with van der Waals surface area (Å²) in [4.78, 5) is 0. The van der Waals surface area contributed by atoms with Gasteiger partial charge in [0.15, 0.2) is 0 Å². The van der Waals surface area contributed by atoms with E-state index in [2.05, 4.69) is 48.5 Å². The zero-order valence-electron chi connectivity index (χ0n) is 14.5. The smallest absolute Gasteiger partial charge is 0.0697 e. The maximum Gasteiger partial charge on any atom is 0.0697 e. The highest BCUT2D eigenvalue weighted by molar-refractivity contribution is 5.08. The van der Waals surface area contributed by atoms with Gasteiger partial charge in [-0.2, -0.15) is 0 Å². The Kier molecular flexibility index (Phi) is 7.05. The van der Waals surface area contributed by atoms with E-state index in [1.54, 1.807) is 0 Å². The summed E-state index contributed by atoms with van der Waals surface area (Å²) in [5.41, 5.74) is 12.9. The van der Waals surface area contributed by atoms with Crippen molar-refractivity contribution in [2.24, 2.45) is 28.2 Å². The topological polar surface area (TPSA) is 52.0 Å². The van der Waals surface area contributed by atoms with Crippen LogP contribution in [0.5, 0.6) is 0 Å². The first kappa shape index (κ1) is 18.9. The average molecular weight is 271 g/mol. The molecule has 1 unspecified atom stereocenters. The van der Waals surface area contributed by atoms with Crippen molar-refractivity contribution in [3.8, 4) is 0 Å². The van der Waals surface area contributed by atoms with Gasteiger partial charge in [0.25, 0.3) is 0 Å². The highest BCUT2D eigenvalue weighted by atomic mass is 15.0. The molecule has 4 N–H and O–H groups in total. The molecule has 0 aromatic heterocycles. The molecule has 0 bridgehead atoms. The first-order valence-electron chi connectivity index (χ1n) is 8.36. The fourth-order valence-electron chi connectivity index (χ4n) is 4.90. The van der Waals surface area contributed by atoms with E-state index in [0.29, 0.717) is 5.92 Å². The van der Waals surface area contributed by atoms with Crippen LogP contribution in [0, 0.1) is 16.7 Å². The Bertz CT molecular complexity index is 250. The highest BCUT2D eigenvalue weighted by Crippen LogP contribution is 2.59.